The molecule has 0 saturated carbocycles. The number of aromatic nitrogens is 2. The topological polar surface area (TPSA) is 79.7 Å². The first kappa shape index (κ1) is 18.1. The highest BCUT2D eigenvalue weighted by molar-refractivity contribution is 5.66. The molecule has 7 nitrogen and oxygen atoms in total. The van der Waals surface area contributed by atoms with Crippen LogP contribution in [0.15, 0.2) is 54.7 Å². The third kappa shape index (κ3) is 3.99. The van der Waals surface area contributed by atoms with Gasteiger partial charge >= 0.3 is 0 Å². The van der Waals surface area contributed by atoms with Crippen LogP contribution < -0.4 is 15.0 Å². The van der Waals surface area contributed by atoms with E-state index in [1.165, 1.54) is 12.8 Å². The van der Waals surface area contributed by atoms with Crippen molar-refractivity contribution in [3.8, 4) is 22.8 Å². The molecule has 0 amide bonds. The van der Waals surface area contributed by atoms with Crippen LogP contribution in [-0.2, 0) is 4.74 Å². The van der Waals surface area contributed by atoms with Crippen LogP contribution in [0.4, 0.5) is 17.3 Å². The van der Waals surface area contributed by atoms with Crippen LogP contribution in [0.2, 0.25) is 0 Å². The van der Waals surface area contributed by atoms with Gasteiger partial charge in [0, 0.05) is 36.2 Å². The van der Waals surface area contributed by atoms with Crippen LogP contribution in [-0.4, -0.2) is 48.5 Å². The molecule has 0 bridgehead atoms. The van der Waals surface area contributed by atoms with Crippen molar-refractivity contribution < 1.29 is 14.6 Å². The Morgan fingerprint density at radius 1 is 1.07 bits per heavy atom. The molecule has 1 saturated heterocycles. The normalized spacial score (nSPS) is 14.0. The SMILES string of the molecule is COc1cc(-c2ccnc(Nc3ccc(N4CCOCC4)cc3)n2)ccc1O. The Hall–Kier alpha value is -3.32. The summed E-state index contributed by atoms with van der Waals surface area (Å²) in [6.45, 7) is 3.35. The molecular weight excluding hydrogens is 356 g/mol. The molecule has 0 radical (unpaired) electrons. The Labute approximate surface area is 163 Å². The maximum atomic E-state index is 9.77. The monoisotopic (exact) mass is 378 g/mol. The van der Waals surface area contributed by atoms with Gasteiger partial charge in [-0.2, -0.15) is 0 Å². The van der Waals surface area contributed by atoms with Gasteiger partial charge < -0.3 is 24.8 Å². The van der Waals surface area contributed by atoms with Gasteiger partial charge in [0.1, 0.15) is 0 Å². The van der Waals surface area contributed by atoms with Crippen LogP contribution in [0, 0.1) is 0 Å². The highest BCUT2D eigenvalue weighted by Crippen LogP contribution is 2.31. The molecule has 3 aromatic rings. The van der Waals surface area contributed by atoms with Gasteiger partial charge in [-0.15, -0.1) is 0 Å². The molecule has 0 atom stereocenters. The lowest BCUT2D eigenvalue weighted by Crippen LogP contribution is -2.36. The predicted octanol–water partition coefficient (Wildman–Crippen LogP) is 3.44. The summed E-state index contributed by atoms with van der Waals surface area (Å²) in [5.41, 5.74) is 3.67. The van der Waals surface area contributed by atoms with Gasteiger partial charge in [-0.3, -0.25) is 0 Å². The number of aromatic hydroxyl groups is 1. The second kappa shape index (κ2) is 8.14. The zero-order valence-corrected chi connectivity index (χ0v) is 15.6. The molecule has 1 aromatic heterocycles. The van der Waals surface area contributed by atoms with E-state index in [1.54, 1.807) is 24.4 Å². The fourth-order valence-electron chi connectivity index (χ4n) is 3.12. The Bertz CT molecular complexity index is 941. The Kier molecular flexibility index (Phi) is 5.25. The number of benzene rings is 2. The Balaban J connectivity index is 1.50. The second-order valence-electron chi connectivity index (χ2n) is 6.42. The minimum atomic E-state index is 0.0963. The highest BCUT2D eigenvalue weighted by Gasteiger charge is 2.11. The lowest BCUT2D eigenvalue weighted by molar-refractivity contribution is 0.122. The third-order valence-electron chi connectivity index (χ3n) is 4.63. The standard InChI is InChI=1S/C21H22N4O3/c1-27-20-14-15(2-7-19(20)26)18-8-9-22-21(24-18)23-16-3-5-17(6-4-16)25-10-12-28-13-11-25/h2-9,14,26H,10-13H2,1H3,(H,22,23,24). The van der Waals surface area contributed by atoms with E-state index in [1.807, 2.05) is 18.2 Å². The third-order valence-corrected chi connectivity index (χ3v) is 4.63. The van der Waals surface area contributed by atoms with Crippen molar-refractivity contribution in [2.75, 3.05) is 43.6 Å². The first-order chi connectivity index (χ1) is 13.7. The van der Waals surface area contributed by atoms with Gasteiger partial charge in [0.2, 0.25) is 5.95 Å². The molecule has 0 aliphatic carbocycles. The largest absolute Gasteiger partial charge is 0.504 e. The molecule has 2 aromatic carbocycles. The van der Waals surface area contributed by atoms with Crippen molar-refractivity contribution in [3.05, 3.63) is 54.7 Å². The van der Waals surface area contributed by atoms with Crippen LogP contribution in [0.1, 0.15) is 0 Å². The van der Waals surface area contributed by atoms with Gasteiger partial charge in [0.05, 0.1) is 26.0 Å². The van der Waals surface area contributed by atoms with Crippen LogP contribution >= 0.6 is 0 Å². The lowest BCUT2D eigenvalue weighted by atomic mass is 10.1. The lowest BCUT2D eigenvalue weighted by Gasteiger charge is -2.28. The minimum absolute atomic E-state index is 0.0963. The summed E-state index contributed by atoms with van der Waals surface area (Å²) in [5.74, 6) is 1.01. The van der Waals surface area contributed by atoms with Crippen LogP contribution in [0.3, 0.4) is 0 Å². The van der Waals surface area contributed by atoms with Gasteiger partial charge in [-0.1, -0.05) is 0 Å². The second-order valence-corrected chi connectivity index (χ2v) is 6.42. The molecule has 7 heteroatoms. The molecular formula is C21H22N4O3. The maximum Gasteiger partial charge on any atom is 0.227 e. The molecule has 2 N–H and O–H groups in total. The molecule has 4 rings (SSSR count). The van der Waals surface area contributed by atoms with Gasteiger partial charge in [-0.05, 0) is 48.5 Å². The number of morpholine rings is 1. The number of anilines is 3. The molecule has 2 heterocycles. The molecule has 28 heavy (non-hydrogen) atoms. The quantitative estimate of drug-likeness (QED) is 0.704. The molecule has 0 unspecified atom stereocenters. The van der Waals surface area contributed by atoms with E-state index in [2.05, 4.69) is 32.3 Å². The van der Waals surface area contributed by atoms with Crippen LogP contribution in [0.5, 0.6) is 11.5 Å². The summed E-state index contributed by atoms with van der Waals surface area (Å²) >= 11 is 0. The number of nitrogens with one attached hydrogen (secondary N) is 1. The zero-order valence-electron chi connectivity index (χ0n) is 15.6. The number of phenolic OH excluding ortho intramolecular Hbond substituents is 1. The number of ether oxygens (including phenoxy) is 2. The van der Waals surface area contributed by atoms with Gasteiger partial charge in [0.25, 0.3) is 0 Å². The highest BCUT2D eigenvalue weighted by atomic mass is 16.5. The van der Waals surface area contributed by atoms with Crippen molar-refractivity contribution in [3.63, 3.8) is 0 Å². The summed E-state index contributed by atoms with van der Waals surface area (Å²) in [4.78, 5) is 11.2. The van der Waals surface area contributed by atoms with E-state index < -0.39 is 0 Å². The molecule has 1 aliphatic rings. The molecule has 1 aliphatic heterocycles. The maximum absolute atomic E-state index is 9.77. The summed E-state index contributed by atoms with van der Waals surface area (Å²) in [6.07, 6.45) is 1.70. The number of hydrogen-bond donors (Lipinski definition) is 2. The van der Waals surface area contributed by atoms with Crippen molar-refractivity contribution in [2.24, 2.45) is 0 Å². The average Bonchev–Trinajstić information content (AvgIpc) is 2.75. The van der Waals surface area contributed by atoms with E-state index >= 15 is 0 Å². The van der Waals surface area contributed by atoms with Crippen LogP contribution in [0.25, 0.3) is 11.3 Å². The van der Waals surface area contributed by atoms with E-state index in [4.69, 9.17) is 9.47 Å². The first-order valence-electron chi connectivity index (χ1n) is 9.13. The minimum Gasteiger partial charge on any atom is -0.504 e. The number of nitrogens with zero attached hydrogens (tertiary/aromatic N) is 3. The van der Waals surface area contributed by atoms with Crippen molar-refractivity contribution in [1.82, 2.24) is 9.97 Å². The van der Waals surface area contributed by atoms with E-state index in [-0.39, 0.29) is 5.75 Å². The fraction of sp³-hybridized carbons (Fsp3) is 0.238. The Morgan fingerprint density at radius 3 is 2.61 bits per heavy atom. The molecule has 1 fully saturated rings. The fourth-order valence-corrected chi connectivity index (χ4v) is 3.12. The zero-order chi connectivity index (χ0) is 19.3. The summed E-state index contributed by atoms with van der Waals surface area (Å²) in [6, 6.07) is 15.2. The van der Waals surface area contributed by atoms with Gasteiger partial charge in [0.15, 0.2) is 11.5 Å². The van der Waals surface area contributed by atoms with E-state index in [0.717, 1.165) is 43.2 Å². The van der Waals surface area contributed by atoms with E-state index in [9.17, 15) is 5.11 Å². The van der Waals surface area contributed by atoms with E-state index in [0.29, 0.717) is 11.7 Å². The van der Waals surface area contributed by atoms with Crippen molar-refractivity contribution >= 4 is 17.3 Å². The van der Waals surface area contributed by atoms with Crippen molar-refractivity contribution in [2.45, 2.75) is 0 Å². The number of hydrogen-bond acceptors (Lipinski definition) is 7. The number of methoxy groups -OCH3 is 1. The predicted molar refractivity (Wildman–Crippen MR) is 108 cm³/mol. The summed E-state index contributed by atoms with van der Waals surface area (Å²) in [7, 11) is 1.52. The summed E-state index contributed by atoms with van der Waals surface area (Å²) in [5, 5.41) is 13.0. The Morgan fingerprint density at radius 2 is 1.86 bits per heavy atom. The number of rotatable bonds is 5. The molecule has 0 spiro atoms. The summed E-state index contributed by atoms with van der Waals surface area (Å²) < 4.78 is 10.6. The average molecular weight is 378 g/mol. The van der Waals surface area contributed by atoms with Crippen molar-refractivity contribution in [1.29, 1.82) is 0 Å². The smallest absolute Gasteiger partial charge is 0.227 e. The first-order valence-corrected chi connectivity index (χ1v) is 9.13. The van der Waals surface area contributed by atoms with Gasteiger partial charge in [-0.25, -0.2) is 9.97 Å². The number of phenols is 1. The molecule has 144 valence electrons.